The molecule has 0 aromatic carbocycles. The zero-order valence-corrected chi connectivity index (χ0v) is 12.3. The predicted octanol–water partition coefficient (Wildman–Crippen LogP) is 1.24. The summed E-state index contributed by atoms with van der Waals surface area (Å²) in [6, 6.07) is 3.09. The summed E-state index contributed by atoms with van der Waals surface area (Å²) in [7, 11) is -1.85. The van der Waals surface area contributed by atoms with E-state index in [0.29, 0.717) is 12.3 Å². The van der Waals surface area contributed by atoms with Crippen LogP contribution in [0.15, 0.2) is 27.2 Å². The Bertz CT molecular complexity index is 646. The Hall–Kier alpha value is -1.22. The van der Waals surface area contributed by atoms with Gasteiger partial charge >= 0.3 is 0 Å². The summed E-state index contributed by atoms with van der Waals surface area (Å²) >= 11 is 1.42. The Morgan fingerprint density at radius 2 is 2.16 bits per heavy atom. The molecule has 0 amide bonds. The van der Waals surface area contributed by atoms with Gasteiger partial charge in [-0.2, -0.15) is 0 Å². The lowest BCUT2D eigenvalue weighted by Crippen LogP contribution is -2.22. The van der Waals surface area contributed by atoms with Gasteiger partial charge in [0.05, 0.1) is 17.7 Å². The molecule has 104 valence electrons. The molecule has 2 heterocycles. The summed E-state index contributed by atoms with van der Waals surface area (Å²) in [6.07, 6.45) is 0. The van der Waals surface area contributed by atoms with Crippen LogP contribution in [0, 0.1) is 6.92 Å². The molecular formula is C11H15N3O3S2. The van der Waals surface area contributed by atoms with Crippen LogP contribution in [0.4, 0.5) is 0 Å². The fourth-order valence-corrected chi connectivity index (χ4v) is 3.25. The van der Waals surface area contributed by atoms with Crippen molar-refractivity contribution < 1.29 is 12.8 Å². The summed E-state index contributed by atoms with van der Waals surface area (Å²) in [4.78, 5) is 4.96. The number of aromatic nitrogens is 1. The standard InChI is InChI=1S/C11H15N3O3S2/c1-8-10(18-7-13-8)6-14-19(15,16)11-4-3-9(17-11)5-12-2/h3-4,7,12,14H,5-6H2,1-2H3. The van der Waals surface area contributed by atoms with Gasteiger partial charge in [0.15, 0.2) is 0 Å². The highest BCUT2D eigenvalue weighted by Crippen LogP contribution is 2.16. The summed E-state index contributed by atoms with van der Waals surface area (Å²) in [5.74, 6) is 0.580. The minimum Gasteiger partial charge on any atom is -0.447 e. The van der Waals surface area contributed by atoms with E-state index in [0.717, 1.165) is 10.6 Å². The summed E-state index contributed by atoms with van der Waals surface area (Å²) in [6.45, 7) is 2.56. The lowest BCUT2D eigenvalue weighted by Gasteiger charge is -2.03. The predicted molar refractivity (Wildman–Crippen MR) is 72.3 cm³/mol. The second-order valence-electron chi connectivity index (χ2n) is 3.94. The molecule has 0 saturated carbocycles. The van der Waals surface area contributed by atoms with Crippen LogP contribution in [-0.2, 0) is 23.1 Å². The summed E-state index contributed by atoms with van der Waals surface area (Å²) < 4.78 is 31.8. The van der Waals surface area contributed by atoms with Crippen molar-refractivity contribution in [3.8, 4) is 0 Å². The van der Waals surface area contributed by atoms with Gasteiger partial charge in [0.1, 0.15) is 5.76 Å². The number of thiazole rings is 1. The van der Waals surface area contributed by atoms with Gasteiger partial charge < -0.3 is 9.73 Å². The molecule has 0 aliphatic heterocycles. The lowest BCUT2D eigenvalue weighted by atomic mass is 10.4. The lowest BCUT2D eigenvalue weighted by molar-refractivity contribution is 0.404. The van der Waals surface area contributed by atoms with Gasteiger partial charge in [0.25, 0.3) is 10.0 Å². The molecule has 19 heavy (non-hydrogen) atoms. The SMILES string of the molecule is CNCc1ccc(S(=O)(=O)NCc2scnc2C)o1. The van der Waals surface area contributed by atoms with E-state index in [2.05, 4.69) is 15.0 Å². The van der Waals surface area contributed by atoms with Gasteiger partial charge in [-0.3, -0.25) is 0 Å². The van der Waals surface area contributed by atoms with E-state index < -0.39 is 10.0 Å². The average molecular weight is 301 g/mol. The maximum atomic E-state index is 12.0. The molecule has 2 aromatic rings. The largest absolute Gasteiger partial charge is 0.447 e. The first-order valence-corrected chi connectivity index (χ1v) is 8.01. The highest BCUT2D eigenvalue weighted by Gasteiger charge is 2.19. The van der Waals surface area contributed by atoms with Crippen LogP contribution in [0.5, 0.6) is 0 Å². The van der Waals surface area contributed by atoms with Gasteiger partial charge in [0, 0.05) is 11.4 Å². The third-order valence-corrected chi connectivity index (χ3v) is 4.73. The third-order valence-electron chi connectivity index (χ3n) is 2.52. The summed E-state index contributed by atoms with van der Waals surface area (Å²) in [5.41, 5.74) is 2.53. The van der Waals surface area contributed by atoms with Gasteiger partial charge in [-0.15, -0.1) is 11.3 Å². The average Bonchev–Trinajstić information content (AvgIpc) is 2.97. The third kappa shape index (κ3) is 3.41. The highest BCUT2D eigenvalue weighted by molar-refractivity contribution is 7.89. The van der Waals surface area contributed by atoms with Crippen molar-refractivity contribution in [1.82, 2.24) is 15.0 Å². The van der Waals surface area contributed by atoms with Gasteiger partial charge in [-0.25, -0.2) is 18.1 Å². The van der Waals surface area contributed by atoms with Crippen molar-refractivity contribution in [2.75, 3.05) is 7.05 Å². The number of aryl methyl sites for hydroxylation is 1. The Balaban J connectivity index is 2.07. The first-order valence-electron chi connectivity index (χ1n) is 5.65. The number of nitrogens with one attached hydrogen (secondary N) is 2. The summed E-state index contributed by atoms with van der Waals surface area (Å²) in [5, 5.41) is 2.83. The number of furan rings is 1. The van der Waals surface area contributed by atoms with Crippen LogP contribution < -0.4 is 10.0 Å². The van der Waals surface area contributed by atoms with E-state index in [1.165, 1.54) is 17.4 Å². The maximum absolute atomic E-state index is 12.0. The highest BCUT2D eigenvalue weighted by atomic mass is 32.2. The van der Waals surface area contributed by atoms with E-state index >= 15 is 0 Å². The molecule has 0 aliphatic rings. The van der Waals surface area contributed by atoms with Crippen molar-refractivity contribution >= 4 is 21.4 Å². The van der Waals surface area contributed by atoms with Crippen molar-refractivity contribution in [2.45, 2.75) is 25.1 Å². The normalized spacial score (nSPS) is 11.9. The number of hydrogen-bond acceptors (Lipinski definition) is 6. The molecule has 0 spiro atoms. The molecule has 0 radical (unpaired) electrons. The molecule has 0 bridgehead atoms. The van der Waals surface area contributed by atoms with Crippen molar-refractivity contribution in [1.29, 1.82) is 0 Å². The number of hydrogen-bond donors (Lipinski definition) is 2. The second kappa shape index (κ2) is 5.83. The molecule has 0 atom stereocenters. The van der Waals surface area contributed by atoms with E-state index in [1.807, 2.05) is 6.92 Å². The molecule has 8 heteroatoms. The number of rotatable bonds is 6. The Morgan fingerprint density at radius 1 is 1.37 bits per heavy atom. The molecule has 2 N–H and O–H groups in total. The van der Waals surface area contributed by atoms with E-state index in [1.54, 1.807) is 18.6 Å². The molecule has 0 saturated heterocycles. The molecule has 0 unspecified atom stereocenters. The van der Waals surface area contributed by atoms with Crippen LogP contribution >= 0.6 is 11.3 Å². The second-order valence-corrected chi connectivity index (χ2v) is 6.57. The van der Waals surface area contributed by atoms with Crippen LogP contribution in [0.2, 0.25) is 0 Å². The first kappa shape index (κ1) is 14.2. The van der Waals surface area contributed by atoms with Gasteiger partial charge in [-0.05, 0) is 26.1 Å². The van der Waals surface area contributed by atoms with Crippen LogP contribution in [0.1, 0.15) is 16.3 Å². The molecular weight excluding hydrogens is 286 g/mol. The first-order chi connectivity index (χ1) is 9.03. The molecule has 0 fully saturated rings. The zero-order valence-electron chi connectivity index (χ0n) is 10.6. The molecule has 2 aromatic heterocycles. The fraction of sp³-hybridized carbons (Fsp3) is 0.364. The Kier molecular flexibility index (Phi) is 4.35. The maximum Gasteiger partial charge on any atom is 0.274 e. The van der Waals surface area contributed by atoms with Crippen LogP contribution in [0.25, 0.3) is 0 Å². The molecule has 6 nitrogen and oxygen atoms in total. The number of sulfonamides is 1. The number of nitrogens with zero attached hydrogens (tertiary/aromatic N) is 1. The topological polar surface area (TPSA) is 84.2 Å². The van der Waals surface area contributed by atoms with Crippen LogP contribution in [0.3, 0.4) is 0 Å². The quantitative estimate of drug-likeness (QED) is 0.838. The minimum atomic E-state index is -3.62. The minimum absolute atomic E-state index is 0.0695. The van der Waals surface area contributed by atoms with E-state index in [-0.39, 0.29) is 11.6 Å². The fourth-order valence-electron chi connectivity index (χ4n) is 1.50. The molecule has 0 aliphatic carbocycles. The van der Waals surface area contributed by atoms with E-state index in [4.69, 9.17) is 4.42 Å². The van der Waals surface area contributed by atoms with Crippen molar-refractivity contribution in [3.63, 3.8) is 0 Å². The smallest absolute Gasteiger partial charge is 0.274 e. The zero-order chi connectivity index (χ0) is 13.9. The monoisotopic (exact) mass is 301 g/mol. The Morgan fingerprint density at radius 3 is 2.79 bits per heavy atom. The van der Waals surface area contributed by atoms with Gasteiger partial charge in [-0.1, -0.05) is 0 Å². The molecule has 2 rings (SSSR count). The Labute approximate surface area is 115 Å². The van der Waals surface area contributed by atoms with Gasteiger partial charge in [0.2, 0.25) is 5.09 Å². The van der Waals surface area contributed by atoms with Crippen molar-refractivity contribution in [3.05, 3.63) is 34.0 Å². The van der Waals surface area contributed by atoms with Crippen LogP contribution in [-0.4, -0.2) is 20.4 Å². The van der Waals surface area contributed by atoms with E-state index in [9.17, 15) is 8.42 Å². The van der Waals surface area contributed by atoms with Crippen molar-refractivity contribution in [2.24, 2.45) is 0 Å².